The Morgan fingerprint density at radius 3 is 2.97 bits per heavy atom. The zero-order valence-corrected chi connectivity index (χ0v) is 18.1. The number of ketones is 1. The molecule has 168 valence electrons. The van der Waals surface area contributed by atoms with Crippen molar-refractivity contribution in [2.45, 2.75) is 25.4 Å². The van der Waals surface area contributed by atoms with Gasteiger partial charge in [0.2, 0.25) is 5.95 Å². The average Bonchev–Trinajstić information content (AvgIpc) is 3.29. The zero-order chi connectivity index (χ0) is 22.1. The molecule has 2 N–H and O–H groups in total. The summed E-state index contributed by atoms with van der Waals surface area (Å²) in [6.07, 6.45) is 3.92. The number of hydrazone groups is 1. The summed E-state index contributed by atoms with van der Waals surface area (Å²) in [5, 5.41) is 16.4. The Labute approximate surface area is 187 Å². The first-order valence-corrected chi connectivity index (χ1v) is 11.5. The number of thiophene rings is 1. The molecule has 4 heterocycles. The smallest absolute Gasteiger partial charge is 0.306 e. The molecule has 1 saturated carbocycles. The molecule has 3 aliphatic rings. The van der Waals surface area contributed by atoms with Crippen LogP contribution in [0.5, 0.6) is 0 Å². The number of nitrogens with one attached hydrogen (secondary N) is 1. The minimum Gasteiger partial charge on any atom is -0.496 e. The molecule has 0 amide bonds. The van der Waals surface area contributed by atoms with Gasteiger partial charge in [0, 0.05) is 13.1 Å². The maximum Gasteiger partial charge on any atom is 0.306 e. The van der Waals surface area contributed by atoms with Crippen LogP contribution in [-0.2, 0) is 19.1 Å². The first-order chi connectivity index (χ1) is 15.6. The molecule has 10 nitrogen and oxygen atoms in total. The summed E-state index contributed by atoms with van der Waals surface area (Å²) in [7, 11) is 0. The number of allylic oxidation sites excluding steroid dienone is 1. The fourth-order valence-electron chi connectivity index (χ4n) is 4.40. The lowest BCUT2D eigenvalue weighted by molar-refractivity contribution is -0.146. The molecule has 1 saturated heterocycles. The van der Waals surface area contributed by atoms with Gasteiger partial charge >= 0.3 is 5.97 Å². The number of ether oxygens (including phenoxy) is 2. The van der Waals surface area contributed by atoms with E-state index in [1.54, 1.807) is 0 Å². The van der Waals surface area contributed by atoms with Crippen LogP contribution in [-0.4, -0.2) is 65.4 Å². The predicted octanol–water partition coefficient (Wildman–Crippen LogP) is 2.28. The standard InChI is InChI=1S/C21H23N5O5S/c27-17-13(11-31-16-2-1-12(20(28)29)9-15(16)17)10-22-25-21-23-18(26-4-6-30-7-5-26)14-3-8-32-19(14)24-21/h3,8,10-12,15-16H,1-2,4-7,9H2,(H,28,29)(H,23,24,25)/b22-10+. The highest BCUT2D eigenvalue weighted by molar-refractivity contribution is 7.16. The molecule has 2 aliphatic heterocycles. The lowest BCUT2D eigenvalue weighted by atomic mass is 9.75. The van der Waals surface area contributed by atoms with E-state index in [0.29, 0.717) is 44.0 Å². The molecule has 2 aromatic heterocycles. The topological polar surface area (TPSA) is 126 Å². The van der Waals surface area contributed by atoms with E-state index in [1.807, 2.05) is 11.4 Å². The molecule has 2 aromatic rings. The van der Waals surface area contributed by atoms with Crippen LogP contribution in [0.2, 0.25) is 0 Å². The quantitative estimate of drug-likeness (QED) is 0.513. The number of fused-ring (bicyclic) bond motifs is 2. The van der Waals surface area contributed by atoms with Crippen molar-refractivity contribution in [3.8, 4) is 0 Å². The largest absolute Gasteiger partial charge is 0.496 e. The van der Waals surface area contributed by atoms with Gasteiger partial charge in [0.1, 0.15) is 16.8 Å². The van der Waals surface area contributed by atoms with Gasteiger partial charge in [0.05, 0.1) is 48.5 Å². The molecular weight excluding hydrogens is 434 g/mol. The van der Waals surface area contributed by atoms with Crippen LogP contribution < -0.4 is 10.3 Å². The maximum atomic E-state index is 12.9. The fourth-order valence-corrected chi connectivity index (χ4v) is 5.16. The van der Waals surface area contributed by atoms with E-state index in [9.17, 15) is 14.7 Å². The number of aromatic nitrogens is 2. The number of hydrogen-bond acceptors (Lipinski definition) is 10. The molecule has 0 aromatic carbocycles. The number of morpholine rings is 1. The second kappa shape index (κ2) is 8.83. The van der Waals surface area contributed by atoms with Crippen molar-refractivity contribution >= 4 is 51.3 Å². The van der Waals surface area contributed by atoms with E-state index >= 15 is 0 Å². The van der Waals surface area contributed by atoms with Crippen molar-refractivity contribution < 1.29 is 24.2 Å². The van der Waals surface area contributed by atoms with Crippen molar-refractivity contribution in [3.05, 3.63) is 23.3 Å². The number of carboxylic acids is 1. The van der Waals surface area contributed by atoms with E-state index in [1.165, 1.54) is 23.8 Å². The Bertz CT molecular complexity index is 1090. The summed E-state index contributed by atoms with van der Waals surface area (Å²) < 4.78 is 11.1. The normalized spacial score (nSPS) is 26.0. The summed E-state index contributed by atoms with van der Waals surface area (Å²) in [5.74, 6) is -0.797. The summed E-state index contributed by atoms with van der Waals surface area (Å²) in [6, 6.07) is 2.01. The van der Waals surface area contributed by atoms with Gasteiger partial charge in [0.25, 0.3) is 0 Å². The van der Waals surface area contributed by atoms with Crippen LogP contribution in [0.15, 0.2) is 28.4 Å². The van der Waals surface area contributed by atoms with E-state index in [0.717, 1.165) is 29.1 Å². The van der Waals surface area contributed by atoms with Crippen molar-refractivity contribution in [1.29, 1.82) is 0 Å². The van der Waals surface area contributed by atoms with Crippen molar-refractivity contribution in [2.75, 3.05) is 36.6 Å². The first kappa shape index (κ1) is 20.8. The second-order valence-electron chi connectivity index (χ2n) is 8.05. The highest BCUT2D eigenvalue weighted by Crippen LogP contribution is 2.36. The van der Waals surface area contributed by atoms with Crippen LogP contribution in [0.4, 0.5) is 11.8 Å². The van der Waals surface area contributed by atoms with Gasteiger partial charge in [-0.2, -0.15) is 10.1 Å². The minimum atomic E-state index is -0.861. The molecular formula is C21H23N5O5S. The van der Waals surface area contributed by atoms with Gasteiger partial charge in [-0.1, -0.05) is 0 Å². The second-order valence-corrected chi connectivity index (χ2v) is 8.94. The zero-order valence-electron chi connectivity index (χ0n) is 17.3. The average molecular weight is 458 g/mol. The van der Waals surface area contributed by atoms with E-state index < -0.39 is 17.8 Å². The number of nitrogens with zero attached hydrogens (tertiary/aromatic N) is 4. The molecule has 0 spiro atoms. The molecule has 1 aliphatic carbocycles. The number of carbonyl (C=O) groups is 2. The van der Waals surface area contributed by atoms with Gasteiger partial charge in [-0.05, 0) is 30.7 Å². The van der Waals surface area contributed by atoms with E-state index in [-0.39, 0.29) is 11.9 Å². The molecule has 32 heavy (non-hydrogen) atoms. The molecule has 3 unspecified atom stereocenters. The summed E-state index contributed by atoms with van der Waals surface area (Å²) in [5.41, 5.74) is 3.13. The number of Topliss-reactive ketones (excluding diaryl/α,β-unsaturated/α-hetero) is 1. The van der Waals surface area contributed by atoms with Gasteiger partial charge in [-0.3, -0.25) is 9.59 Å². The Morgan fingerprint density at radius 2 is 2.16 bits per heavy atom. The molecule has 0 radical (unpaired) electrons. The Morgan fingerprint density at radius 1 is 1.31 bits per heavy atom. The molecule has 3 atom stereocenters. The molecule has 2 fully saturated rings. The highest BCUT2D eigenvalue weighted by Gasteiger charge is 2.41. The van der Waals surface area contributed by atoms with Gasteiger partial charge in [0.15, 0.2) is 5.78 Å². The summed E-state index contributed by atoms with van der Waals surface area (Å²) in [6.45, 7) is 2.81. The third kappa shape index (κ3) is 4.05. The lowest BCUT2D eigenvalue weighted by Gasteiger charge is -2.35. The molecule has 11 heteroatoms. The Kier molecular flexibility index (Phi) is 5.75. The van der Waals surface area contributed by atoms with E-state index in [2.05, 4.69) is 25.4 Å². The van der Waals surface area contributed by atoms with Gasteiger partial charge in [-0.15, -0.1) is 11.3 Å². The van der Waals surface area contributed by atoms with Gasteiger partial charge in [-0.25, -0.2) is 10.4 Å². The van der Waals surface area contributed by atoms with Crippen molar-refractivity contribution in [2.24, 2.45) is 16.9 Å². The number of aliphatic carboxylic acids is 1. The monoisotopic (exact) mass is 457 g/mol. The lowest BCUT2D eigenvalue weighted by Crippen LogP contribution is -2.41. The van der Waals surface area contributed by atoms with Crippen LogP contribution in [0.1, 0.15) is 19.3 Å². The van der Waals surface area contributed by atoms with Crippen LogP contribution in [0, 0.1) is 11.8 Å². The number of carbonyl (C=O) groups excluding carboxylic acids is 1. The predicted molar refractivity (Wildman–Crippen MR) is 119 cm³/mol. The number of rotatable bonds is 5. The van der Waals surface area contributed by atoms with Crippen molar-refractivity contribution in [1.82, 2.24) is 9.97 Å². The number of carboxylic acid groups (broad SMARTS) is 1. The van der Waals surface area contributed by atoms with Crippen molar-refractivity contribution in [3.63, 3.8) is 0 Å². The Balaban J connectivity index is 1.31. The van der Waals surface area contributed by atoms with Crippen LogP contribution >= 0.6 is 11.3 Å². The maximum absolute atomic E-state index is 12.9. The fraction of sp³-hybridized carbons (Fsp3) is 0.476. The van der Waals surface area contributed by atoms with Crippen LogP contribution in [0.3, 0.4) is 0 Å². The number of anilines is 2. The third-order valence-electron chi connectivity index (χ3n) is 6.11. The van der Waals surface area contributed by atoms with E-state index in [4.69, 9.17) is 9.47 Å². The summed E-state index contributed by atoms with van der Waals surface area (Å²) >= 11 is 1.52. The molecule has 5 rings (SSSR count). The van der Waals surface area contributed by atoms with Crippen LogP contribution in [0.25, 0.3) is 10.2 Å². The third-order valence-corrected chi connectivity index (χ3v) is 6.92. The Hall–Kier alpha value is -3.05. The SMILES string of the molecule is O=C(O)C1CCC2OC=C(/C=N/Nc3nc(N4CCOCC4)c4ccsc4n3)C(=O)C2C1. The van der Waals surface area contributed by atoms with Gasteiger partial charge < -0.3 is 19.5 Å². The molecule has 0 bridgehead atoms. The highest BCUT2D eigenvalue weighted by atomic mass is 32.1. The summed E-state index contributed by atoms with van der Waals surface area (Å²) in [4.78, 5) is 36.4. The minimum absolute atomic E-state index is 0.138. The first-order valence-electron chi connectivity index (χ1n) is 10.6. The number of hydrogen-bond donors (Lipinski definition) is 2.